The number of aliphatic hydroxyl groups excluding tert-OH is 1. The molecule has 0 bridgehead atoms. The van der Waals surface area contributed by atoms with Gasteiger partial charge in [0.1, 0.15) is 0 Å². The van der Waals surface area contributed by atoms with Crippen LogP contribution in [-0.2, 0) is 14.4 Å². The van der Waals surface area contributed by atoms with Crippen molar-refractivity contribution < 1.29 is 24.4 Å². The number of hydrazine groups is 1. The largest absolute Gasteiger partial charge is 0.569 e. The first kappa shape index (κ1) is 15.4. The van der Waals surface area contributed by atoms with Crippen molar-refractivity contribution in [3.05, 3.63) is 5.21 Å². The molecule has 0 aromatic carbocycles. The average Bonchev–Trinajstić information content (AvgIpc) is 2.22. The maximum absolute atomic E-state index is 11.3. The Bertz CT molecular complexity index is 274. The summed E-state index contributed by atoms with van der Waals surface area (Å²) in [6.45, 7) is 4.61. The fourth-order valence-corrected chi connectivity index (χ4v) is 0.662. The second-order valence-electron chi connectivity index (χ2n) is 4.37. The average molecular weight is 249 g/mol. The molecule has 0 aromatic rings. The molecule has 100 valence electrons. The van der Waals surface area contributed by atoms with E-state index in [0.29, 0.717) is 0 Å². The molecule has 17 heavy (non-hydrogen) atoms. The molecule has 0 unspecified atom stereocenters. The number of nitrogens with zero attached hydrogens (tertiary/aromatic N) is 3. The van der Waals surface area contributed by atoms with Crippen LogP contribution in [0.4, 0.5) is 0 Å². The van der Waals surface area contributed by atoms with E-state index in [1.807, 2.05) is 0 Å². The molecule has 0 amide bonds. The van der Waals surface area contributed by atoms with Gasteiger partial charge in [-0.1, -0.05) is 0 Å². The van der Waals surface area contributed by atoms with Crippen molar-refractivity contribution in [1.29, 1.82) is 0 Å². The van der Waals surface area contributed by atoms with Crippen LogP contribution in [0, 0.1) is 10.6 Å². The van der Waals surface area contributed by atoms with Crippen LogP contribution in [0.1, 0.15) is 20.8 Å². The van der Waals surface area contributed by atoms with Gasteiger partial charge in [0.2, 0.25) is 5.28 Å². The maximum Gasteiger partial charge on any atom is 0.314 e. The third-order valence-corrected chi connectivity index (χ3v) is 1.70. The monoisotopic (exact) mass is 249 g/mol. The Hall–Kier alpha value is -1.57. The second-order valence-corrected chi connectivity index (χ2v) is 4.37. The molecule has 8 nitrogen and oxygen atoms in total. The number of hydrogen-bond donors (Lipinski definition) is 1. The lowest BCUT2D eigenvalue weighted by molar-refractivity contribution is -0.706. The number of rotatable bonds is 6. The van der Waals surface area contributed by atoms with Gasteiger partial charge in [-0.3, -0.25) is 4.79 Å². The SMILES string of the molecule is CN(CCO)[N+]([O-])=NOCOC(=O)C(C)(C)C. The lowest BCUT2D eigenvalue weighted by Crippen LogP contribution is -2.29. The summed E-state index contributed by atoms with van der Waals surface area (Å²) < 4.78 is 4.71. The summed E-state index contributed by atoms with van der Waals surface area (Å²) in [4.78, 5) is 15.9. The fraction of sp³-hybridized carbons (Fsp3) is 0.889. The molecule has 0 saturated carbocycles. The zero-order valence-corrected chi connectivity index (χ0v) is 10.5. The first-order valence-electron chi connectivity index (χ1n) is 5.08. The minimum atomic E-state index is -0.631. The Morgan fingerprint density at radius 2 is 2.12 bits per heavy atom. The van der Waals surface area contributed by atoms with Crippen molar-refractivity contribution in [2.75, 3.05) is 27.0 Å². The van der Waals surface area contributed by atoms with E-state index in [1.165, 1.54) is 7.05 Å². The first-order valence-corrected chi connectivity index (χ1v) is 5.08. The Labute approximate surface area is 99.9 Å². The normalized spacial score (nSPS) is 12.2. The minimum absolute atomic E-state index is 0.123. The van der Waals surface area contributed by atoms with Crippen molar-refractivity contribution in [2.24, 2.45) is 10.7 Å². The number of aliphatic hydroxyl groups is 1. The molecular formula is C9H19N3O5. The number of hydrogen-bond acceptors (Lipinski definition) is 6. The van der Waals surface area contributed by atoms with E-state index in [4.69, 9.17) is 9.84 Å². The van der Waals surface area contributed by atoms with Gasteiger partial charge in [0.25, 0.3) is 6.79 Å². The molecule has 1 N–H and O–H groups in total. The summed E-state index contributed by atoms with van der Waals surface area (Å²) in [7, 11) is 1.43. The van der Waals surface area contributed by atoms with Crippen molar-refractivity contribution in [2.45, 2.75) is 20.8 Å². The molecule has 8 heteroatoms. The van der Waals surface area contributed by atoms with E-state index < -0.39 is 18.2 Å². The Morgan fingerprint density at radius 1 is 1.53 bits per heavy atom. The quantitative estimate of drug-likeness (QED) is 0.181. The Kier molecular flexibility index (Phi) is 6.26. The van der Waals surface area contributed by atoms with Gasteiger partial charge in [0.15, 0.2) is 0 Å². The molecule has 0 saturated heterocycles. The first-order chi connectivity index (χ1) is 7.79. The van der Waals surface area contributed by atoms with E-state index >= 15 is 0 Å². The Morgan fingerprint density at radius 3 is 2.59 bits per heavy atom. The highest BCUT2D eigenvalue weighted by Crippen LogP contribution is 2.14. The van der Waals surface area contributed by atoms with Crippen LogP contribution in [-0.4, -0.2) is 48.0 Å². The van der Waals surface area contributed by atoms with Gasteiger partial charge in [0.05, 0.1) is 30.6 Å². The third kappa shape index (κ3) is 6.56. The molecule has 0 atom stereocenters. The maximum atomic E-state index is 11.3. The van der Waals surface area contributed by atoms with E-state index in [1.54, 1.807) is 20.8 Å². The van der Waals surface area contributed by atoms with Gasteiger partial charge in [-0.05, 0) is 20.8 Å². The molecule has 0 aliphatic rings. The zero-order valence-electron chi connectivity index (χ0n) is 10.5. The molecule has 0 radical (unpaired) electrons. The van der Waals surface area contributed by atoms with Crippen molar-refractivity contribution >= 4 is 5.97 Å². The van der Waals surface area contributed by atoms with Gasteiger partial charge in [-0.25, -0.2) is 0 Å². The molecule has 0 aromatic heterocycles. The predicted molar refractivity (Wildman–Crippen MR) is 57.3 cm³/mol. The van der Waals surface area contributed by atoms with Crippen molar-refractivity contribution in [3.8, 4) is 0 Å². The summed E-state index contributed by atoms with van der Waals surface area (Å²) in [5.41, 5.74) is -0.631. The molecule has 0 aliphatic heterocycles. The topological polar surface area (TPSA) is 97.4 Å². The Balaban J connectivity index is 3.91. The van der Waals surface area contributed by atoms with E-state index in [0.717, 1.165) is 5.01 Å². The summed E-state index contributed by atoms with van der Waals surface area (Å²) in [6, 6.07) is 0. The van der Waals surface area contributed by atoms with E-state index in [2.05, 4.69) is 10.1 Å². The lowest BCUT2D eigenvalue weighted by Gasteiger charge is -2.15. The standard InChI is InChI=1S/C9H19N3O5/c1-9(2,3)8(14)16-7-17-10-12(15)11(4)5-6-13/h13H,5-7H2,1-4H3. The number of likely N-dealkylation sites (N-methyl/N-ethyl adjacent to an activating group) is 1. The van der Waals surface area contributed by atoms with E-state index in [9.17, 15) is 10.0 Å². The lowest BCUT2D eigenvalue weighted by atomic mass is 9.98. The van der Waals surface area contributed by atoms with Crippen LogP contribution in [0.2, 0.25) is 0 Å². The number of ether oxygens (including phenoxy) is 1. The van der Waals surface area contributed by atoms with Crippen LogP contribution in [0.3, 0.4) is 0 Å². The molecular weight excluding hydrogens is 230 g/mol. The van der Waals surface area contributed by atoms with Crippen LogP contribution in [0.15, 0.2) is 5.28 Å². The highest BCUT2D eigenvalue weighted by Gasteiger charge is 2.23. The van der Waals surface area contributed by atoms with E-state index in [-0.39, 0.29) is 18.1 Å². The summed E-state index contributed by atoms with van der Waals surface area (Å²) in [5, 5.41) is 23.8. The number of carbonyl (C=O) groups excluding carboxylic acids is 1. The molecule has 0 heterocycles. The van der Waals surface area contributed by atoms with Gasteiger partial charge >= 0.3 is 5.97 Å². The third-order valence-electron chi connectivity index (χ3n) is 1.70. The number of esters is 1. The van der Waals surface area contributed by atoms with Gasteiger partial charge in [-0.15, -0.1) is 5.01 Å². The van der Waals surface area contributed by atoms with Gasteiger partial charge in [-0.2, -0.15) is 0 Å². The number of carbonyl (C=O) groups is 1. The smallest absolute Gasteiger partial charge is 0.314 e. The van der Waals surface area contributed by atoms with Gasteiger partial charge in [0, 0.05) is 0 Å². The van der Waals surface area contributed by atoms with Crippen LogP contribution >= 0.6 is 0 Å². The molecule has 0 fully saturated rings. The summed E-state index contributed by atoms with van der Waals surface area (Å²) in [6.07, 6.45) is 0. The fourth-order valence-electron chi connectivity index (χ4n) is 0.662. The minimum Gasteiger partial charge on any atom is -0.569 e. The molecule has 0 aliphatic carbocycles. The summed E-state index contributed by atoms with van der Waals surface area (Å²) >= 11 is 0. The predicted octanol–water partition coefficient (Wildman–Crippen LogP) is 0.266. The molecule has 0 rings (SSSR count). The highest BCUT2D eigenvalue weighted by atomic mass is 16.8. The second kappa shape index (κ2) is 6.89. The van der Waals surface area contributed by atoms with Gasteiger partial charge < -0.3 is 19.9 Å². The van der Waals surface area contributed by atoms with Crippen LogP contribution in [0.5, 0.6) is 0 Å². The van der Waals surface area contributed by atoms with Crippen molar-refractivity contribution in [3.63, 3.8) is 0 Å². The van der Waals surface area contributed by atoms with Crippen molar-refractivity contribution in [1.82, 2.24) is 5.01 Å². The zero-order chi connectivity index (χ0) is 13.5. The van der Waals surface area contributed by atoms with Crippen LogP contribution < -0.4 is 0 Å². The highest BCUT2D eigenvalue weighted by molar-refractivity contribution is 5.75. The summed E-state index contributed by atoms with van der Waals surface area (Å²) in [5.74, 6) is -0.450. The van der Waals surface area contributed by atoms with Crippen LogP contribution in [0.25, 0.3) is 0 Å². The molecule has 0 spiro atoms.